The van der Waals surface area contributed by atoms with Crippen LogP contribution in [0, 0.1) is 0 Å². The van der Waals surface area contributed by atoms with E-state index in [0.717, 1.165) is 16.8 Å². The molecule has 3 aromatic rings. The first-order chi connectivity index (χ1) is 16.8. The van der Waals surface area contributed by atoms with Crippen molar-refractivity contribution in [1.29, 1.82) is 0 Å². The molecule has 0 saturated heterocycles. The van der Waals surface area contributed by atoms with Crippen LogP contribution in [0.25, 0.3) is 5.57 Å². The van der Waals surface area contributed by atoms with Gasteiger partial charge in [0.1, 0.15) is 4.53 Å². The highest BCUT2D eigenvalue weighted by atomic mass is 32.1. The van der Waals surface area contributed by atoms with Gasteiger partial charge in [-0.25, -0.2) is 9.79 Å². The van der Waals surface area contributed by atoms with E-state index >= 15 is 0 Å². The van der Waals surface area contributed by atoms with E-state index in [1.54, 1.807) is 25.7 Å². The molecule has 0 bridgehead atoms. The van der Waals surface area contributed by atoms with E-state index in [0.29, 0.717) is 32.7 Å². The number of thiazole rings is 1. The van der Waals surface area contributed by atoms with Gasteiger partial charge in [-0.2, -0.15) is 0 Å². The molecule has 2 aliphatic rings. The molecule has 0 aliphatic carbocycles. The number of aromatic nitrogens is 1. The number of fused-ring (bicyclic) bond motifs is 2. The SMILES string of the molecule is CCN1C(=O)C(=c2sc3n(c2=O)C(c2ccccc2)C(C(=O)OC(C)C)=C(C)N=3)c2ccccc21. The summed E-state index contributed by atoms with van der Waals surface area (Å²) in [7, 11) is 0. The molecule has 0 fully saturated rings. The molecule has 8 heteroatoms. The van der Waals surface area contributed by atoms with E-state index in [4.69, 9.17) is 4.74 Å². The summed E-state index contributed by atoms with van der Waals surface area (Å²) in [5, 5.41) is 0. The molecular formula is C27H25N3O4S. The van der Waals surface area contributed by atoms with E-state index in [-0.39, 0.29) is 17.6 Å². The molecule has 7 nitrogen and oxygen atoms in total. The Balaban J connectivity index is 1.81. The number of carbonyl (C=O) groups is 2. The number of ether oxygens (including phenoxy) is 1. The number of para-hydroxylation sites is 1. The van der Waals surface area contributed by atoms with Crippen LogP contribution >= 0.6 is 11.3 Å². The second kappa shape index (κ2) is 8.78. The first-order valence-corrected chi connectivity index (χ1v) is 12.4. The zero-order valence-electron chi connectivity index (χ0n) is 19.9. The second-order valence-electron chi connectivity index (χ2n) is 8.71. The minimum Gasteiger partial charge on any atom is -0.459 e. The smallest absolute Gasteiger partial charge is 0.338 e. The Morgan fingerprint density at radius 1 is 1.09 bits per heavy atom. The lowest BCUT2D eigenvalue weighted by Crippen LogP contribution is -2.41. The van der Waals surface area contributed by atoms with E-state index in [9.17, 15) is 14.4 Å². The number of hydrogen-bond acceptors (Lipinski definition) is 6. The van der Waals surface area contributed by atoms with E-state index in [2.05, 4.69) is 4.99 Å². The van der Waals surface area contributed by atoms with Crippen molar-refractivity contribution in [3.8, 4) is 0 Å². The zero-order chi connectivity index (χ0) is 24.9. The second-order valence-corrected chi connectivity index (χ2v) is 9.69. The molecule has 178 valence electrons. The largest absolute Gasteiger partial charge is 0.459 e. The number of nitrogens with zero attached hydrogens (tertiary/aromatic N) is 3. The summed E-state index contributed by atoms with van der Waals surface area (Å²) in [5.41, 5.74) is 3.14. The van der Waals surface area contributed by atoms with Crippen LogP contribution in [0.15, 0.2) is 75.7 Å². The van der Waals surface area contributed by atoms with Crippen LogP contribution in [0.2, 0.25) is 0 Å². The van der Waals surface area contributed by atoms with E-state index in [1.165, 1.54) is 15.9 Å². The van der Waals surface area contributed by atoms with Crippen LogP contribution in [0.1, 0.15) is 44.9 Å². The number of rotatable bonds is 4. The average molecular weight is 488 g/mol. The lowest BCUT2D eigenvalue weighted by molar-refractivity contribution is -0.143. The highest BCUT2D eigenvalue weighted by Gasteiger charge is 2.37. The summed E-state index contributed by atoms with van der Waals surface area (Å²) in [6, 6.07) is 16.1. The molecule has 3 heterocycles. The number of amides is 1. The van der Waals surface area contributed by atoms with Crippen molar-refractivity contribution < 1.29 is 14.3 Å². The number of likely N-dealkylation sites (N-methyl/N-ethyl adjacent to an activating group) is 1. The summed E-state index contributed by atoms with van der Waals surface area (Å²) in [6.45, 7) is 7.72. The zero-order valence-corrected chi connectivity index (χ0v) is 20.8. The van der Waals surface area contributed by atoms with Gasteiger partial charge in [-0.3, -0.25) is 14.2 Å². The van der Waals surface area contributed by atoms with Crippen molar-refractivity contribution >= 4 is 34.5 Å². The van der Waals surface area contributed by atoms with E-state index in [1.807, 2.05) is 61.5 Å². The Morgan fingerprint density at radius 2 is 1.77 bits per heavy atom. The first kappa shape index (κ1) is 23.0. The molecule has 1 atom stereocenters. The molecule has 5 rings (SSSR count). The van der Waals surface area contributed by atoms with Crippen LogP contribution in [-0.2, 0) is 14.3 Å². The Bertz CT molecular complexity index is 1560. The van der Waals surface area contributed by atoms with Gasteiger partial charge in [-0.15, -0.1) is 0 Å². The molecule has 2 aliphatic heterocycles. The van der Waals surface area contributed by atoms with E-state index < -0.39 is 12.0 Å². The minimum absolute atomic E-state index is 0.203. The molecule has 2 aromatic carbocycles. The fourth-order valence-corrected chi connectivity index (χ4v) is 5.81. The predicted octanol–water partition coefficient (Wildman–Crippen LogP) is 2.92. The van der Waals surface area contributed by atoms with Gasteiger partial charge in [-0.1, -0.05) is 59.9 Å². The molecule has 0 radical (unpaired) electrons. The van der Waals surface area contributed by atoms with Crippen LogP contribution in [0.5, 0.6) is 0 Å². The average Bonchev–Trinajstić information content (AvgIpc) is 3.30. The highest BCUT2D eigenvalue weighted by Crippen LogP contribution is 2.35. The van der Waals surface area contributed by atoms with Gasteiger partial charge in [0.25, 0.3) is 11.5 Å². The number of carbonyl (C=O) groups excluding carboxylic acids is 2. The monoisotopic (exact) mass is 487 g/mol. The summed E-state index contributed by atoms with van der Waals surface area (Å²) < 4.78 is 7.38. The van der Waals surface area contributed by atoms with Gasteiger partial charge in [0.2, 0.25) is 0 Å². The van der Waals surface area contributed by atoms with Gasteiger partial charge in [0, 0.05) is 12.1 Å². The molecule has 1 amide bonds. The van der Waals surface area contributed by atoms with Crippen LogP contribution in [-0.4, -0.2) is 29.1 Å². The van der Waals surface area contributed by atoms with Crippen LogP contribution < -0.4 is 19.8 Å². The van der Waals surface area contributed by atoms with Gasteiger partial charge in [0.05, 0.1) is 34.7 Å². The van der Waals surface area contributed by atoms with Crippen molar-refractivity contribution in [3.63, 3.8) is 0 Å². The van der Waals surface area contributed by atoms with Crippen molar-refractivity contribution in [1.82, 2.24) is 4.57 Å². The standard InChI is InChI=1S/C27H25N3O4S/c1-5-29-19-14-10-9-13-18(19)21(24(29)31)23-25(32)30-22(17-11-7-6-8-12-17)20(26(33)34-15(2)3)16(4)28-27(30)35-23/h6-15,22H,5H2,1-4H3. The number of anilines is 1. The quantitative estimate of drug-likeness (QED) is 0.530. The molecular weight excluding hydrogens is 462 g/mol. The van der Waals surface area contributed by atoms with Crippen molar-refractivity contribution in [3.05, 3.63) is 96.7 Å². The van der Waals surface area contributed by atoms with Gasteiger partial charge >= 0.3 is 5.97 Å². The Hall–Kier alpha value is -3.78. The first-order valence-electron chi connectivity index (χ1n) is 11.6. The lowest BCUT2D eigenvalue weighted by Gasteiger charge is -2.25. The van der Waals surface area contributed by atoms with Gasteiger partial charge < -0.3 is 9.64 Å². The Kier molecular flexibility index (Phi) is 5.76. The number of benzene rings is 2. The van der Waals surface area contributed by atoms with Gasteiger partial charge in [0.15, 0.2) is 4.80 Å². The topological polar surface area (TPSA) is 81.0 Å². The maximum Gasteiger partial charge on any atom is 0.338 e. The van der Waals surface area contributed by atoms with Crippen molar-refractivity contribution in [2.45, 2.75) is 39.8 Å². The fraction of sp³-hybridized carbons (Fsp3) is 0.259. The maximum absolute atomic E-state index is 14.0. The van der Waals surface area contributed by atoms with Crippen molar-refractivity contribution in [2.75, 3.05) is 11.4 Å². The molecule has 0 N–H and O–H groups in total. The maximum atomic E-state index is 14.0. The highest BCUT2D eigenvalue weighted by molar-refractivity contribution is 7.07. The third-order valence-corrected chi connectivity index (χ3v) is 7.20. The number of esters is 1. The summed E-state index contributed by atoms with van der Waals surface area (Å²) in [6.07, 6.45) is -0.321. The summed E-state index contributed by atoms with van der Waals surface area (Å²) in [5.74, 6) is -0.710. The number of hydrogen-bond donors (Lipinski definition) is 0. The third kappa shape index (κ3) is 3.65. The van der Waals surface area contributed by atoms with Crippen LogP contribution in [0.4, 0.5) is 5.69 Å². The minimum atomic E-state index is -0.706. The predicted molar refractivity (Wildman–Crippen MR) is 135 cm³/mol. The normalized spacial score (nSPS) is 18.5. The fourth-order valence-electron chi connectivity index (χ4n) is 4.67. The molecule has 1 aromatic heterocycles. The summed E-state index contributed by atoms with van der Waals surface area (Å²) in [4.78, 5) is 47.3. The van der Waals surface area contributed by atoms with Crippen LogP contribution in [0.3, 0.4) is 0 Å². The number of allylic oxidation sites excluding steroid dienone is 1. The van der Waals surface area contributed by atoms with Gasteiger partial charge in [-0.05, 0) is 39.3 Å². The Morgan fingerprint density at radius 3 is 2.46 bits per heavy atom. The molecule has 0 spiro atoms. The lowest BCUT2D eigenvalue weighted by atomic mass is 9.96. The molecule has 0 saturated carbocycles. The molecule has 1 unspecified atom stereocenters. The third-order valence-electron chi connectivity index (χ3n) is 6.14. The summed E-state index contributed by atoms with van der Waals surface area (Å²) >= 11 is 1.18. The Labute approximate surface area is 206 Å². The van der Waals surface area contributed by atoms with Crippen molar-refractivity contribution in [2.24, 2.45) is 4.99 Å². The molecule has 35 heavy (non-hydrogen) atoms.